The fourth-order valence-corrected chi connectivity index (χ4v) is 6.85. The Bertz CT molecular complexity index is 1170. The topological polar surface area (TPSA) is 75.9 Å². The van der Waals surface area contributed by atoms with Crippen molar-refractivity contribution >= 4 is 29.0 Å². The van der Waals surface area contributed by atoms with Crippen LogP contribution in [0.1, 0.15) is 77.1 Å². The van der Waals surface area contributed by atoms with Gasteiger partial charge in [0.15, 0.2) is 5.78 Å². The Kier molecular flexibility index (Phi) is 9.21. The number of ketones is 1. The second-order valence-corrected chi connectivity index (χ2v) is 11.8. The summed E-state index contributed by atoms with van der Waals surface area (Å²) in [6.45, 7) is 6.05. The lowest BCUT2D eigenvalue weighted by Crippen LogP contribution is -2.37. The van der Waals surface area contributed by atoms with E-state index < -0.39 is 5.82 Å². The van der Waals surface area contributed by atoms with Crippen LogP contribution in [0.3, 0.4) is 0 Å². The third kappa shape index (κ3) is 6.82. The maximum absolute atomic E-state index is 13.4. The van der Waals surface area contributed by atoms with Crippen molar-refractivity contribution in [1.82, 2.24) is 4.90 Å². The van der Waals surface area contributed by atoms with E-state index in [1.165, 1.54) is 18.2 Å². The van der Waals surface area contributed by atoms with Crippen LogP contribution in [0.5, 0.6) is 0 Å². The maximum Gasteiger partial charge on any atom is 0.248 e. The SMILES string of the molecule is NC(=O)c1ccc(N2CCOCC2)cc1C1CCC(CCN2CCC(C(=O)c3ccc(F)cc3Cl)CC2)CC1. The molecule has 3 aliphatic rings. The number of carbonyl (C=O) groups excluding carboxylic acids is 2. The van der Waals surface area contributed by atoms with Crippen LogP contribution in [-0.2, 0) is 4.74 Å². The van der Waals surface area contributed by atoms with Gasteiger partial charge in [-0.25, -0.2) is 4.39 Å². The van der Waals surface area contributed by atoms with Gasteiger partial charge in [0.1, 0.15) is 5.82 Å². The number of carbonyl (C=O) groups is 2. The molecule has 6 nitrogen and oxygen atoms in total. The Balaban J connectivity index is 1.10. The monoisotopic (exact) mass is 555 g/mol. The number of morpholine rings is 1. The second kappa shape index (κ2) is 12.8. The summed E-state index contributed by atoms with van der Waals surface area (Å²) in [6, 6.07) is 10.2. The molecule has 5 rings (SSSR count). The minimum atomic E-state index is -0.421. The van der Waals surface area contributed by atoms with Crippen LogP contribution < -0.4 is 10.6 Å². The van der Waals surface area contributed by atoms with Crippen molar-refractivity contribution in [2.75, 3.05) is 50.8 Å². The largest absolute Gasteiger partial charge is 0.378 e. The smallest absolute Gasteiger partial charge is 0.248 e. The first-order chi connectivity index (χ1) is 18.9. The molecule has 1 amide bonds. The summed E-state index contributed by atoms with van der Waals surface area (Å²) < 4.78 is 18.9. The minimum Gasteiger partial charge on any atom is -0.378 e. The molecular formula is C31H39ClFN3O3. The first-order valence-corrected chi connectivity index (χ1v) is 14.7. The number of hydrogen-bond donors (Lipinski definition) is 1. The van der Waals surface area contributed by atoms with Crippen molar-refractivity contribution in [3.05, 3.63) is 63.9 Å². The van der Waals surface area contributed by atoms with Gasteiger partial charge in [-0.3, -0.25) is 9.59 Å². The first kappa shape index (κ1) is 28.1. The Morgan fingerprint density at radius 1 is 0.923 bits per heavy atom. The summed E-state index contributed by atoms with van der Waals surface area (Å²) in [5, 5.41) is 0.203. The van der Waals surface area contributed by atoms with Crippen LogP contribution in [0.25, 0.3) is 0 Å². The number of nitrogens with zero attached hydrogens (tertiary/aromatic N) is 2. The van der Waals surface area contributed by atoms with Crippen molar-refractivity contribution in [1.29, 1.82) is 0 Å². The Morgan fingerprint density at radius 2 is 1.62 bits per heavy atom. The van der Waals surface area contributed by atoms with Crippen molar-refractivity contribution < 1.29 is 18.7 Å². The Hall–Kier alpha value is -2.48. The summed E-state index contributed by atoms with van der Waals surface area (Å²) in [4.78, 5) is 29.9. The van der Waals surface area contributed by atoms with Crippen molar-refractivity contribution in [3.8, 4) is 0 Å². The maximum atomic E-state index is 13.4. The zero-order valence-electron chi connectivity index (χ0n) is 22.5. The van der Waals surface area contributed by atoms with E-state index in [-0.39, 0.29) is 22.6 Å². The predicted octanol–water partition coefficient (Wildman–Crippen LogP) is 5.67. The fraction of sp³-hybridized carbons (Fsp3) is 0.548. The normalized spacial score (nSPS) is 23.1. The van der Waals surface area contributed by atoms with Gasteiger partial charge in [0, 0.05) is 35.8 Å². The van der Waals surface area contributed by atoms with Crippen LogP contribution in [-0.4, -0.2) is 62.5 Å². The molecule has 2 aromatic carbocycles. The number of piperidine rings is 1. The summed E-state index contributed by atoms with van der Waals surface area (Å²) in [5.41, 5.74) is 9.12. The molecule has 2 heterocycles. The number of primary amides is 1. The first-order valence-electron chi connectivity index (χ1n) is 14.4. The number of amides is 1. The summed E-state index contributed by atoms with van der Waals surface area (Å²) in [5.74, 6) is 0.264. The summed E-state index contributed by atoms with van der Waals surface area (Å²) in [6.07, 6.45) is 7.25. The molecule has 0 atom stereocenters. The molecule has 39 heavy (non-hydrogen) atoms. The highest BCUT2D eigenvalue weighted by molar-refractivity contribution is 6.34. The quantitative estimate of drug-likeness (QED) is 0.425. The lowest BCUT2D eigenvalue weighted by Gasteiger charge is -2.35. The lowest BCUT2D eigenvalue weighted by atomic mass is 9.76. The molecule has 3 fully saturated rings. The van der Waals surface area contributed by atoms with E-state index in [1.807, 2.05) is 12.1 Å². The molecule has 0 spiro atoms. The van der Waals surface area contributed by atoms with Gasteiger partial charge in [0.05, 0.1) is 18.2 Å². The van der Waals surface area contributed by atoms with Gasteiger partial charge < -0.3 is 20.3 Å². The van der Waals surface area contributed by atoms with Crippen LogP contribution in [0.4, 0.5) is 10.1 Å². The van der Waals surface area contributed by atoms with Crippen molar-refractivity contribution in [2.45, 2.75) is 50.9 Å². The van der Waals surface area contributed by atoms with Crippen molar-refractivity contribution in [2.24, 2.45) is 17.6 Å². The molecule has 1 aliphatic carbocycles. The zero-order valence-corrected chi connectivity index (χ0v) is 23.3. The van der Waals surface area contributed by atoms with Crippen LogP contribution in [0, 0.1) is 17.7 Å². The number of halogens is 2. The number of ether oxygens (including phenoxy) is 1. The number of hydrogen-bond acceptors (Lipinski definition) is 5. The Morgan fingerprint density at radius 3 is 2.28 bits per heavy atom. The molecule has 0 unspecified atom stereocenters. The van der Waals surface area contributed by atoms with Crippen molar-refractivity contribution in [3.63, 3.8) is 0 Å². The number of Topliss-reactive ketones (excluding diaryl/α,β-unsaturated/α-hetero) is 1. The van der Waals surface area contributed by atoms with Gasteiger partial charge in [-0.2, -0.15) is 0 Å². The molecule has 0 bridgehead atoms. The molecule has 0 aromatic heterocycles. The van der Waals surface area contributed by atoms with E-state index in [2.05, 4.69) is 15.9 Å². The Labute approximate surface area is 235 Å². The van der Waals surface area contributed by atoms with Gasteiger partial charge >= 0.3 is 0 Å². The predicted molar refractivity (Wildman–Crippen MR) is 152 cm³/mol. The highest BCUT2D eigenvalue weighted by Gasteiger charge is 2.29. The highest BCUT2D eigenvalue weighted by atomic mass is 35.5. The molecule has 2 aliphatic heterocycles. The standard InChI is InChI=1S/C31H39ClFN3O3/c32-29-19-24(33)5-7-27(29)30(37)23-10-13-35(14-11-23)12-9-21-1-3-22(4-2-21)28-20-25(6-8-26(28)31(34)38)36-15-17-39-18-16-36/h5-8,19-23H,1-4,9-18H2,(H2,34,38). The van der Waals surface area contributed by atoms with E-state index in [4.69, 9.17) is 22.1 Å². The fourth-order valence-electron chi connectivity index (χ4n) is 6.59. The van der Waals surface area contributed by atoms with E-state index >= 15 is 0 Å². The zero-order chi connectivity index (χ0) is 27.4. The average Bonchev–Trinajstić information content (AvgIpc) is 2.96. The van der Waals surface area contributed by atoms with E-state index in [0.717, 1.165) is 102 Å². The molecule has 0 radical (unpaired) electrons. The molecule has 1 saturated carbocycles. The van der Waals surface area contributed by atoms with Gasteiger partial charge in [-0.1, -0.05) is 11.6 Å². The van der Waals surface area contributed by atoms with Crippen LogP contribution in [0.15, 0.2) is 36.4 Å². The highest BCUT2D eigenvalue weighted by Crippen LogP contribution is 2.40. The number of likely N-dealkylation sites (tertiary alicyclic amines) is 1. The third-order valence-electron chi connectivity index (χ3n) is 8.97. The number of nitrogens with two attached hydrogens (primary N) is 1. The number of rotatable bonds is 8. The molecule has 2 aromatic rings. The number of benzene rings is 2. The molecule has 210 valence electrons. The van der Waals surface area contributed by atoms with E-state index in [1.54, 1.807) is 0 Å². The van der Waals surface area contributed by atoms with Crippen LogP contribution in [0.2, 0.25) is 5.02 Å². The molecule has 2 saturated heterocycles. The number of anilines is 1. The van der Waals surface area contributed by atoms with Crippen LogP contribution >= 0.6 is 11.6 Å². The molecule has 2 N–H and O–H groups in total. The van der Waals surface area contributed by atoms with Gasteiger partial charge in [-0.05, 0) is 118 Å². The minimum absolute atomic E-state index is 0.0333. The van der Waals surface area contributed by atoms with Gasteiger partial charge in [-0.15, -0.1) is 0 Å². The van der Waals surface area contributed by atoms with E-state index in [9.17, 15) is 14.0 Å². The lowest BCUT2D eigenvalue weighted by molar-refractivity contribution is 0.0832. The van der Waals surface area contributed by atoms with Gasteiger partial charge in [0.25, 0.3) is 0 Å². The summed E-state index contributed by atoms with van der Waals surface area (Å²) >= 11 is 6.12. The molecule has 8 heteroatoms. The summed E-state index contributed by atoms with van der Waals surface area (Å²) in [7, 11) is 0. The second-order valence-electron chi connectivity index (χ2n) is 11.3. The van der Waals surface area contributed by atoms with E-state index in [0.29, 0.717) is 23.0 Å². The average molecular weight is 556 g/mol. The molecular weight excluding hydrogens is 517 g/mol. The third-order valence-corrected chi connectivity index (χ3v) is 9.28. The van der Waals surface area contributed by atoms with Gasteiger partial charge in [0.2, 0.25) is 5.91 Å².